The van der Waals surface area contributed by atoms with Crippen molar-refractivity contribution in [2.45, 2.75) is 0 Å². The summed E-state index contributed by atoms with van der Waals surface area (Å²) in [5, 5.41) is 15.0. The molecule has 0 spiro atoms. The quantitative estimate of drug-likeness (QED) is 0.659. The molecule has 0 saturated carbocycles. The van der Waals surface area contributed by atoms with Crippen molar-refractivity contribution in [1.29, 1.82) is 0 Å². The fourth-order valence-electron chi connectivity index (χ4n) is 3.27. The van der Waals surface area contributed by atoms with Gasteiger partial charge in [0.25, 0.3) is 0 Å². The van der Waals surface area contributed by atoms with E-state index in [2.05, 4.69) is 37.7 Å². The molecule has 2 amide bonds. The molecule has 1 saturated heterocycles. The van der Waals surface area contributed by atoms with Crippen LogP contribution in [0.25, 0.3) is 11.3 Å². The minimum atomic E-state index is -0.328. The highest BCUT2D eigenvalue weighted by Crippen LogP contribution is 2.22. The van der Waals surface area contributed by atoms with Crippen LogP contribution in [-0.2, 0) is 0 Å². The monoisotopic (exact) mass is 422 g/mol. The predicted octanol–water partition coefficient (Wildman–Crippen LogP) is 4.19. The molecule has 2 N–H and O–H groups in total. The summed E-state index contributed by atoms with van der Waals surface area (Å²) in [7, 11) is 2.13. The van der Waals surface area contributed by atoms with E-state index in [4.69, 9.17) is 11.6 Å². The highest BCUT2D eigenvalue weighted by molar-refractivity contribution is 6.30. The zero-order chi connectivity index (χ0) is 20.9. The van der Waals surface area contributed by atoms with Crippen molar-refractivity contribution < 1.29 is 4.79 Å². The number of anilines is 3. The van der Waals surface area contributed by atoms with Gasteiger partial charge in [-0.15, -0.1) is 10.2 Å². The van der Waals surface area contributed by atoms with E-state index in [1.54, 1.807) is 24.3 Å². The van der Waals surface area contributed by atoms with Gasteiger partial charge in [-0.3, -0.25) is 0 Å². The van der Waals surface area contributed by atoms with Crippen molar-refractivity contribution in [3.63, 3.8) is 0 Å². The number of piperazine rings is 1. The summed E-state index contributed by atoms with van der Waals surface area (Å²) in [6.45, 7) is 3.95. The van der Waals surface area contributed by atoms with Gasteiger partial charge in [-0.25, -0.2) is 4.79 Å². The Bertz CT molecular complexity index is 1000. The Balaban J connectivity index is 1.41. The molecule has 0 atom stereocenters. The van der Waals surface area contributed by atoms with Crippen molar-refractivity contribution in [2.24, 2.45) is 0 Å². The number of nitrogens with zero attached hydrogens (tertiary/aromatic N) is 4. The lowest BCUT2D eigenvalue weighted by Crippen LogP contribution is -2.44. The molecule has 0 radical (unpaired) electrons. The first-order chi connectivity index (χ1) is 14.6. The molecule has 7 nitrogen and oxygen atoms in total. The van der Waals surface area contributed by atoms with Crippen LogP contribution in [0.4, 0.5) is 22.0 Å². The number of carbonyl (C=O) groups excluding carboxylic acids is 1. The molecule has 0 aliphatic carbocycles. The Kier molecular flexibility index (Phi) is 6.11. The molecule has 2 heterocycles. The fourth-order valence-corrected chi connectivity index (χ4v) is 3.39. The number of halogens is 1. The van der Waals surface area contributed by atoms with Gasteiger partial charge in [0.1, 0.15) is 0 Å². The van der Waals surface area contributed by atoms with Gasteiger partial charge in [-0.2, -0.15) is 0 Å². The van der Waals surface area contributed by atoms with Crippen molar-refractivity contribution in [3.05, 3.63) is 65.7 Å². The van der Waals surface area contributed by atoms with Crippen LogP contribution >= 0.6 is 11.6 Å². The molecular weight excluding hydrogens is 400 g/mol. The number of hydrogen-bond donors (Lipinski definition) is 2. The van der Waals surface area contributed by atoms with Crippen LogP contribution in [0.15, 0.2) is 60.7 Å². The second kappa shape index (κ2) is 9.11. The average Bonchev–Trinajstić information content (AvgIpc) is 2.76. The molecule has 2 aromatic carbocycles. The van der Waals surface area contributed by atoms with Crippen molar-refractivity contribution >= 4 is 34.8 Å². The number of amides is 2. The molecule has 1 aromatic heterocycles. The fraction of sp³-hybridized carbons (Fsp3) is 0.227. The number of hydrogen-bond acceptors (Lipinski definition) is 5. The lowest BCUT2D eigenvalue weighted by Gasteiger charge is -2.32. The van der Waals surface area contributed by atoms with E-state index in [9.17, 15) is 4.79 Å². The highest BCUT2D eigenvalue weighted by Gasteiger charge is 2.15. The molecule has 0 unspecified atom stereocenters. The second-order valence-electron chi connectivity index (χ2n) is 7.23. The summed E-state index contributed by atoms with van der Waals surface area (Å²) in [6, 6.07) is 18.1. The van der Waals surface area contributed by atoms with E-state index < -0.39 is 0 Å². The predicted molar refractivity (Wildman–Crippen MR) is 121 cm³/mol. The van der Waals surface area contributed by atoms with Gasteiger partial charge >= 0.3 is 6.03 Å². The van der Waals surface area contributed by atoms with Crippen LogP contribution in [0.2, 0.25) is 5.02 Å². The first kappa shape index (κ1) is 20.1. The zero-order valence-electron chi connectivity index (χ0n) is 16.7. The smallest absolute Gasteiger partial charge is 0.323 e. The first-order valence-electron chi connectivity index (χ1n) is 9.78. The van der Waals surface area contributed by atoms with E-state index in [1.165, 1.54) is 0 Å². The van der Waals surface area contributed by atoms with Crippen molar-refractivity contribution in [2.75, 3.05) is 48.8 Å². The van der Waals surface area contributed by atoms with Crippen molar-refractivity contribution in [1.82, 2.24) is 15.1 Å². The SMILES string of the molecule is CN1CCN(c2ccc(-c3cccc(NC(=O)Nc4ccc(Cl)cc4)c3)nn2)CC1. The minimum Gasteiger partial charge on any atom is -0.353 e. The number of aromatic nitrogens is 2. The van der Waals surface area contributed by atoms with E-state index in [-0.39, 0.29) is 6.03 Å². The van der Waals surface area contributed by atoms with Gasteiger partial charge in [-0.05, 0) is 55.6 Å². The van der Waals surface area contributed by atoms with Crippen molar-refractivity contribution in [3.8, 4) is 11.3 Å². The van der Waals surface area contributed by atoms with E-state index in [0.717, 1.165) is 43.3 Å². The number of urea groups is 1. The number of carbonyl (C=O) groups is 1. The summed E-state index contributed by atoms with van der Waals surface area (Å²) in [5.41, 5.74) is 2.98. The Morgan fingerprint density at radius 1 is 0.900 bits per heavy atom. The number of rotatable bonds is 4. The van der Waals surface area contributed by atoms with Crippen LogP contribution in [-0.4, -0.2) is 54.4 Å². The lowest BCUT2D eigenvalue weighted by atomic mass is 10.1. The summed E-state index contributed by atoms with van der Waals surface area (Å²) < 4.78 is 0. The van der Waals surface area contributed by atoms with Gasteiger partial charge in [-0.1, -0.05) is 23.7 Å². The van der Waals surface area contributed by atoms with Crippen LogP contribution in [0.3, 0.4) is 0 Å². The molecule has 4 rings (SSSR count). The Labute approximate surface area is 180 Å². The third-order valence-electron chi connectivity index (χ3n) is 5.00. The van der Waals surface area contributed by atoms with Crippen LogP contribution < -0.4 is 15.5 Å². The standard InChI is InChI=1S/C22H23ClN6O/c1-28-11-13-29(14-12-28)21-10-9-20(26-27-21)16-3-2-4-19(15-16)25-22(30)24-18-7-5-17(23)6-8-18/h2-10,15H,11-14H2,1H3,(H2,24,25,30). The Morgan fingerprint density at radius 2 is 1.63 bits per heavy atom. The lowest BCUT2D eigenvalue weighted by molar-refractivity contribution is 0.262. The van der Waals surface area contributed by atoms with Gasteiger partial charge in [0.05, 0.1) is 5.69 Å². The average molecular weight is 423 g/mol. The second-order valence-corrected chi connectivity index (χ2v) is 7.67. The third-order valence-corrected chi connectivity index (χ3v) is 5.25. The molecule has 154 valence electrons. The third kappa shape index (κ3) is 5.06. The van der Waals surface area contributed by atoms with Gasteiger partial charge in [0.15, 0.2) is 5.82 Å². The summed E-state index contributed by atoms with van der Waals surface area (Å²) in [4.78, 5) is 16.8. The maximum absolute atomic E-state index is 12.3. The van der Waals surface area contributed by atoms with E-state index in [1.807, 2.05) is 36.4 Å². The molecular formula is C22H23ClN6O. The van der Waals surface area contributed by atoms with E-state index in [0.29, 0.717) is 16.4 Å². The number of likely N-dealkylation sites (N-methyl/N-ethyl adjacent to an activating group) is 1. The van der Waals surface area contributed by atoms with Gasteiger partial charge < -0.3 is 20.4 Å². The Hall–Kier alpha value is -3.16. The van der Waals surface area contributed by atoms with Gasteiger partial charge in [0.2, 0.25) is 0 Å². The summed E-state index contributed by atoms with van der Waals surface area (Å²) in [5.74, 6) is 0.892. The molecule has 0 bridgehead atoms. The van der Waals surface area contributed by atoms with E-state index >= 15 is 0 Å². The summed E-state index contributed by atoms with van der Waals surface area (Å²) >= 11 is 5.87. The topological polar surface area (TPSA) is 73.4 Å². The van der Waals surface area contributed by atoms with Crippen LogP contribution in [0.5, 0.6) is 0 Å². The first-order valence-corrected chi connectivity index (χ1v) is 10.2. The maximum atomic E-state index is 12.3. The normalized spacial score (nSPS) is 14.4. The van der Waals surface area contributed by atoms with Crippen LogP contribution in [0, 0.1) is 0 Å². The maximum Gasteiger partial charge on any atom is 0.323 e. The minimum absolute atomic E-state index is 0.328. The zero-order valence-corrected chi connectivity index (χ0v) is 17.4. The van der Waals surface area contributed by atoms with Crippen LogP contribution in [0.1, 0.15) is 0 Å². The molecule has 8 heteroatoms. The molecule has 1 aliphatic heterocycles. The Morgan fingerprint density at radius 3 is 2.33 bits per heavy atom. The summed E-state index contributed by atoms with van der Waals surface area (Å²) in [6.07, 6.45) is 0. The highest BCUT2D eigenvalue weighted by atomic mass is 35.5. The molecule has 1 fully saturated rings. The molecule has 30 heavy (non-hydrogen) atoms. The largest absolute Gasteiger partial charge is 0.353 e. The molecule has 1 aliphatic rings. The number of nitrogens with one attached hydrogen (secondary N) is 2. The number of benzene rings is 2. The molecule has 3 aromatic rings. The van der Waals surface area contributed by atoms with Gasteiger partial charge in [0, 0.05) is 48.1 Å².